The zero-order valence-electron chi connectivity index (χ0n) is 19.1. The molecule has 2 amide bonds. The van der Waals surface area contributed by atoms with Crippen LogP contribution in [0.2, 0.25) is 0 Å². The summed E-state index contributed by atoms with van der Waals surface area (Å²) in [4.78, 5) is 47.1. The van der Waals surface area contributed by atoms with Crippen LogP contribution < -0.4 is 21.0 Å². The first kappa shape index (κ1) is 24.5. The smallest absolute Gasteiger partial charge is 0.340 e. The number of carboxylic acids is 1. The number of rotatable bonds is 9. The highest BCUT2D eigenvalue weighted by Crippen LogP contribution is 2.30. The van der Waals surface area contributed by atoms with E-state index in [1.54, 1.807) is 19.1 Å². The van der Waals surface area contributed by atoms with Gasteiger partial charge in [-0.2, -0.15) is 0 Å². The lowest BCUT2D eigenvalue weighted by Gasteiger charge is -2.17. The number of ether oxygens (including phenoxy) is 1. The van der Waals surface area contributed by atoms with Gasteiger partial charge in [0, 0.05) is 22.9 Å². The van der Waals surface area contributed by atoms with E-state index in [2.05, 4.69) is 10.6 Å². The maximum atomic E-state index is 12.8. The van der Waals surface area contributed by atoms with Crippen molar-refractivity contribution in [2.45, 2.75) is 33.3 Å². The van der Waals surface area contributed by atoms with Crippen molar-refractivity contribution in [1.82, 2.24) is 10.6 Å². The van der Waals surface area contributed by atoms with Crippen molar-refractivity contribution in [2.24, 2.45) is 0 Å². The van der Waals surface area contributed by atoms with E-state index in [-0.39, 0.29) is 6.54 Å². The molecule has 9 heteroatoms. The number of carboxylic acid groups (broad SMARTS) is 1. The second-order valence-corrected chi connectivity index (χ2v) is 7.87. The highest BCUT2D eigenvalue weighted by atomic mass is 16.5. The number of fused-ring (bicyclic) bond motifs is 1. The minimum atomic E-state index is -1.18. The Hall–Kier alpha value is -4.14. The van der Waals surface area contributed by atoms with E-state index in [1.165, 1.54) is 6.92 Å². The summed E-state index contributed by atoms with van der Waals surface area (Å²) in [5.41, 5.74) is 2.95. The Morgan fingerprint density at radius 1 is 1.00 bits per heavy atom. The Kier molecular flexibility index (Phi) is 7.68. The molecular weight excluding hydrogens is 440 g/mol. The largest absolute Gasteiger partial charge is 0.480 e. The van der Waals surface area contributed by atoms with Gasteiger partial charge in [-0.05, 0) is 44.0 Å². The van der Waals surface area contributed by atoms with Crippen LogP contribution in [0.1, 0.15) is 29.2 Å². The maximum Gasteiger partial charge on any atom is 0.340 e. The number of aliphatic carboxylic acids is 1. The van der Waals surface area contributed by atoms with Crippen molar-refractivity contribution in [3.8, 4) is 5.75 Å². The van der Waals surface area contributed by atoms with Gasteiger partial charge in [-0.25, -0.2) is 4.79 Å². The molecule has 1 aromatic heterocycles. The predicted molar refractivity (Wildman–Crippen MR) is 125 cm³/mol. The van der Waals surface area contributed by atoms with Crippen LogP contribution in [0.5, 0.6) is 5.75 Å². The molecule has 0 bridgehead atoms. The molecule has 0 saturated carbocycles. The predicted octanol–water partition coefficient (Wildman–Crippen LogP) is 2.08. The van der Waals surface area contributed by atoms with E-state index < -0.39 is 36.1 Å². The van der Waals surface area contributed by atoms with Crippen LogP contribution in [0.3, 0.4) is 0 Å². The van der Waals surface area contributed by atoms with Gasteiger partial charge in [0.15, 0.2) is 6.10 Å². The van der Waals surface area contributed by atoms with E-state index in [4.69, 9.17) is 14.3 Å². The molecule has 0 spiro atoms. The summed E-state index contributed by atoms with van der Waals surface area (Å²) in [6, 6.07) is 13.1. The summed E-state index contributed by atoms with van der Waals surface area (Å²) in [5.74, 6) is -2.00. The fourth-order valence-corrected chi connectivity index (χ4v) is 3.49. The van der Waals surface area contributed by atoms with Crippen molar-refractivity contribution in [1.29, 1.82) is 0 Å². The Morgan fingerprint density at radius 3 is 2.38 bits per heavy atom. The molecule has 0 radical (unpaired) electrons. The van der Waals surface area contributed by atoms with Gasteiger partial charge in [-0.1, -0.05) is 30.3 Å². The molecule has 1 atom stereocenters. The Bertz CT molecular complexity index is 1280. The third kappa shape index (κ3) is 5.80. The average molecular weight is 466 g/mol. The number of hydrogen-bond donors (Lipinski definition) is 3. The number of benzene rings is 2. The second-order valence-electron chi connectivity index (χ2n) is 7.87. The van der Waals surface area contributed by atoms with E-state index in [9.17, 15) is 19.2 Å². The highest BCUT2D eigenvalue weighted by molar-refractivity contribution is 5.89. The fraction of sp³-hybridized carbons (Fsp3) is 0.280. The molecule has 0 fully saturated rings. The van der Waals surface area contributed by atoms with Gasteiger partial charge in [-0.3, -0.25) is 14.4 Å². The normalized spacial score (nSPS) is 11.6. The molecule has 3 aromatic rings. The number of carbonyl (C=O) groups is 3. The molecule has 34 heavy (non-hydrogen) atoms. The molecule has 0 aliphatic rings. The van der Waals surface area contributed by atoms with E-state index in [1.807, 2.05) is 37.3 Å². The van der Waals surface area contributed by atoms with Crippen LogP contribution in [-0.2, 0) is 20.8 Å². The van der Waals surface area contributed by atoms with Crippen LogP contribution in [0, 0.1) is 13.8 Å². The number of carbonyl (C=O) groups excluding carboxylic acids is 2. The topological polar surface area (TPSA) is 135 Å². The van der Waals surface area contributed by atoms with Crippen LogP contribution in [0.4, 0.5) is 0 Å². The highest BCUT2D eigenvalue weighted by Gasteiger charge is 2.20. The minimum Gasteiger partial charge on any atom is -0.480 e. The molecule has 178 valence electrons. The molecule has 1 heterocycles. The lowest BCUT2D eigenvalue weighted by molar-refractivity contribution is -0.137. The summed E-state index contributed by atoms with van der Waals surface area (Å²) in [6.45, 7) is 4.21. The minimum absolute atomic E-state index is 0.365. The first-order chi connectivity index (χ1) is 16.2. The van der Waals surface area contributed by atoms with Gasteiger partial charge in [0.2, 0.25) is 5.91 Å². The summed E-state index contributed by atoms with van der Waals surface area (Å²) in [5, 5.41) is 13.9. The SMILES string of the molecule is Cc1c(Cc2ccccc2)c(=O)oc2c(C)c(O[C@@H](C)C(=O)NCC(=O)NCC(=O)O)ccc12. The molecule has 3 N–H and O–H groups in total. The van der Waals surface area contributed by atoms with Gasteiger partial charge in [0.05, 0.1) is 6.54 Å². The van der Waals surface area contributed by atoms with Gasteiger partial charge >= 0.3 is 11.6 Å². The third-order valence-electron chi connectivity index (χ3n) is 5.41. The Labute approximate surface area is 195 Å². The molecule has 2 aromatic carbocycles. The van der Waals surface area contributed by atoms with Crippen molar-refractivity contribution >= 4 is 28.8 Å². The van der Waals surface area contributed by atoms with Gasteiger partial charge in [0.1, 0.15) is 17.9 Å². The molecule has 0 aliphatic heterocycles. The molecular formula is C25H26N2O7. The number of aryl methyl sites for hydroxylation is 2. The second kappa shape index (κ2) is 10.7. The van der Waals surface area contributed by atoms with E-state index in [0.29, 0.717) is 28.9 Å². The molecule has 0 unspecified atom stereocenters. The van der Waals surface area contributed by atoms with Gasteiger partial charge in [-0.15, -0.1) is 0 Å². The zero-order chi connectivity index (χ0) is 24.8. The van der Waals surface area contributed by atoms with Crippen LogP contribution in [-0.4, -0.2) is 42.1 Å². The standard InChI is InChI=1S/C25H26N2O7/c1-14-18-9-10-20(33-16(3)24(31)27-12-21(28)26-13-22(29)30)15(2)23(18)34-25(32)19(14)11-17-7-5-4-6-8-17/h4-10,16H,11-13H2,1-3H3,(H,26,28)(H,27,31)(H,29,30)/t16-/m0/s1. The average Bonchev–Trinajstić information content (AvgIpc) is 2.81. The number of nitrogens with one attached hydrogen (secondary N) is 2. The quantitative estimate of drug-likeness (QED) is 0.411. The summed E-state index contributed by atoms with van der Waals surface area (Å²) < 4.78 is 11.4. The Balaban J connectivity index is 1.75. The fourth-order valence-electron chi connectivity index (χ4n) is 3.49. The van der Waals surface area contributed by atoms with Crippen LogP contribution in [0.15, 0.2) is 51.7 Å². The van der Waals surface area contributed by atoms with E-state index >= 15 is 0 Å². The van der Waals surface area contributed by atoms with Crippen molar-refractivity contribution < 1.29 is 28.6 Å². The first-order valence-corrected chi connectivity index (χ1v) is 10.7. The number of amides is 2. The Morgan fingerprint density at radius 2 is 1.71 bits per heavy atom. The summed E-state index contributed by atoms with van der Waals surface area (Å²) in [7, 11) is 0. The number of hydrogen-bond acceptors (Lipinski definition) is 6. The monoisotopic (exact) mass is 466 g/mol. The molecule has 3 rings (SSSR count). The first-order valence-electron chi connectivity index (χ1n) is 10.7. The van der Waals surface area contributed by atoms with Crippen molar-refractivity contribution in [3.05, 3.63) is 75.1 Å². The third-order valence-corrected chi connectivity index (χ3v) is 5.41. The van der Waals surface area contributed by atoms with E-state index in [0.717, 1.165) is 16.5 Å². The maximum absolute atomic E-state index is 12.8. The molecule has 9 nitrogen and oxygen atoms in total. The summed E-state index contributed by atoms with van der Waals surface area (Å²) >= 11 is 0. The lowest BCUT2D eigenvalue weighted by Crippen LogP contribution is -2.43. The van der Waals surface area contributed by atoms with Gasteiger partial charge in [0.25, 0.3) is 5.91 Å². The van der Waals surface area contributed by atoms with Gasteiger partial charge < -0.3 is 24.9 Å². The summed E-state index contributed by atoms with van der Waals surface area (Å²) in [6.07, 6.45) is -0.493. The molecule has 0 aliphatic carbocycles. The van der Waals surface area contributed by atoms with Crippen molar-refractivity contribution in [3.63, 3.8) is 0 Å². The molecule has 0 saturated heterocycles. The van der Waals surface area contributed by atoms with Crippen molar-refractivity contribution in [2.75, 3.05) is 13.1 Å². The van der Waals surface area contributed by atoms with Crippen LogP contribution >= 0.6 is 0 Å². The lowest BCUT2D eigenvalue weighted by atomic mass is 9.98. The zero-order valence-corrected chi connectivity index (χ0v) is 19.1. The van der Waals surface area contributed by atoms with Crippen LogP contribution in [0.25, 0.3) is 11.0 Å².